The largest absolute Gasteiger partial charge is 0.311 e. The van der Waals surface area contributed by atoms with Crippen LogP contribution in [0.4, 0.5) is 0 Å². The van der Waals surface area contributed by atoms with E-state index in [4.69, 9.17) is 0 Å². The minimum Gasteiger partial charge on any atom is -0.311 e. The van der Waals surface area contributed by atoms with Crippen LogP contribution >= 0.6 is 0 Å². The van der Waals surface area contributed by atoms with E-state index < -0.39 is 0 Å². The second kappa shape index (κ2) is 6.49. The van der Waals surface area contributed by atoms with Crippen LogP contribution in [0.2, 0.25) is 0 Å². The fraction of sp³-hybridized carbons (Fsp3) is 0.467. The van der Waals surface area contributed by atoms with Gasteiger partial charge in [0.25, 0.3) is 0 Å². The summed E-state index contributed by atoms with van der Waals surface area (Å²) in [6, 6.07) is 10.7. The smallest absolute Gasteiger partial charge is 0.0128 e. The second-order valence-corrected chi connectivity index (χ2v) is 4.87. The van der Waals surface area contributed by atoms with E-state index in [1.165, 1.54) is 5.56 Å². The zero-order valence-corrected chi connectivity index (χ0v) is 10.5. The van der Waals surface area contributed by atoms with Crippen LogP contribution in [0.1, 0.15) is 32.3 Å². The molecule has 1 N–H and O–H groups in total. The van der Waals surface area contributed by atoms with Crippen LogP contribution in [0.25, 0.3) is 0 Å². The molecule has 88 valence electrons. The van der Waals surface area contributed by atoms with E-state index in [-0.39, 0.29) is 5.54 Å². The Morgan fingerprint density at radius 1 is 1.25 bits per heavy atom. The lowest BCUT2D eigenvalue weighted by atomic mass is 9.95. The van der Waals surface area contributed by atoms with Gasteiger partial charge >= 0.3 is 0 Å². The lowest BCUT2D eigenvalue weighted by Crippen LogP contribution is -2.40. The Hall–Kier alpha value is -1.08. The Balaban J connectivity index is 2.32. The van der Waals surface area contributed by atoms with Gasteiger partial charge in [0.15, 0.2) is 0 Å². The molecule has 0 heterocycles. The van der Waals surface area contributed by atoms with Crippen LogP contribution in [-0.4, -0.2) is 12.1 Å². The molecular weight excluding hydrogens is 194 g/mol. The molecule has 0 fully saturated rings. The first kappa shape index (κ1) is 13.0. The number of aryl methyl sites for hydroxylation is 1. The van der Waals surface area contributed by atoms with Gasteiger partial charge in [-0.25, -0.2) is 0 Å². The minimum absolute atomic E-state index is 0.207. The summed E-state index contributed by atoms with van der Waals surface area (Å²) in [5.74, 6) is 0. The van der Waals surface area contributed by atoms with E-state index in [9.17, 15) is 0 Å². The van der Waals surface area contributed by atoms with Crippen molar-refractivity contribution in [3.05, 3.63) is 48.6 Å². The van der Waals surface area contributed by atoms with Gasteiger partial charge in [0.1, 0.15) is 0 Å². The first-order chi connectivity index (χ1) is 7.64. The van der Waals surface area contributed by atoms with Crippen molar-refractivity contribution in [3.8, 4) is 0 Å². The van der Waals surface area contributed by atoms with Crippen LogP contribution in [-0.2, 0) is 6.42 Å². The Bertz CT molecular complexity index is 300. The molecule has 1 nitrogen and oxygen atoms in total. The lowest BCUT2D eigenvalue weighted by molar-refractivity contribution is 0.366. The monoisotopic (exact) mass is 217 g/mol. The highest BCUT2D eigenvalue weighted by Crippen LogP contribution is 2.13. The topological polar surface area (TPSA) is 12.0 Å². The predicted octanol–water partition coefficient (Wildman–Crippen LogP) is 3.56. The number of rotatable bonds is 7. The predicted molar refractivity (Wildman–Crippen MR) is 71.7 cm³/mol. The highest BCUT2D eigenvalue weighted by molar-refractivity contribution is 5.15. The van der Waals surface area contributed by atoms with Crippen LogP contribution in [0.5, 0.6) is 0 Å². The van der Waals surface area contributed by atoms with Gasteiger partial charge in [0.2, 0.25) is 0 Å². The summed E-state index contributed by atoms with van der Waals surface area (Å²) in [6.07, 6.45) is 5.29. The maximum Gasteiger partial charge on any atom is 0.0128 e. The molecule has 1 aromatic rings. The van der Waals surface area contributed by atoms with Crippen molar-refractivity contribution in [1.29, 1.82) is 0 Å². The average Bonchev–Trinajstić information content (AvgIpc) is 2.28. The van der Waals surface area contributed by atoms with Gasteiger partial charge < -0.3 is 5.32 Å². The molecule has 0 aliphatic heterocycles. The standard InChI is InChI=1S/C15H23N/c1-4-5-13-16-15(2,3)12-11-14-9-7-6-8-10-14/h4,6-10,16H,1,5,11-13H2,2-3H3. The molecule has 1 heteroatoms. The quantitative estimate of drug-likeness (QED) is 0.544. The van der Waals surface area contributed by atoms with Gasteiger partial charge in [-0.3, -0.25) is 0 Å². The molecule has 0 amide bonds. The maximum atomic E-state index is 3.73. The van der Waals surface area contributed by atoms with E-state index in [1.807, 2.05) is 6.08 Å². The van der Waals surface area contributed by atoms with Crippen LogP contribution in [0.15, 0.2) is 43.0 Å². The molecule has 0 saturated carbocycles. The Kier molecular flexibility index (Phi) is 5.27. The number of hydrogen-bond donors (Lipinski definition) is 1. The second-order valence-electron chi connectivity index (χ2n) is 4.87. The Labute approximate surface area is 99.6 Å². The maximum absolute atomic E-state index is 3.73. The van der Waals surface area contributed by atoms with Gasteiger partial charge in [-0.15, -0.1) is 6.58 Å². The summed E-state index contributed by atoms with van der Waals surface area (Å²) in [7, 11) is 0. The fourth-order valence-electron chi connectivity index (χ4n) is 1.70. The van der Waals surface area contributed by atoms with Gasteiger partial charge in [0, 0.05) is 5.54 Å². The molecule has 0 spiro atoms. The third-order valence-electron chi connectivity index (χ3n) is 2.83. The van der Waals surface area contributed by atoms with Crippen LogP contribution < -0.4 is 5.32 Å². The summed E-state index contributed by atoms with van der Waals surface area (Å²) < 4.78 is 0. The summed E-state index contributed by atoms with van der Waals surface area (Å²) in [5, 5.41) is 3.56. The van der Waals surface area contributed by atoms with Crippen molar-refractivity contribution >= 4 is 0 Å². The van der Waals surface area contributed by atoms with Gasteiger partial charge in [0.05, 0.1) is 0 Å². The molecule has 0 atom stereocenters. The third-order valence-corrected chi connectivity index (χ3v) is 2.83. The third kappa shape index (κ3) is 5.13. The molecule has 0 bridgehead atoms. The highest BCUT2D eigenvalue weighted by Gasteiger charge is 2.15. The SMILES string of the molecule is C=CCCNC(C)(C)CCc1ccccc1. The van der Waals surface area contributed by atoms with Crippen molar-refractivity contribution in [2.24, 2.45) is 0 Å². The normalized spacial score (nSPS) is 11.4. The molecule has 0 saturated heterocycles. The zero-order chi connectivity index (χ0) is 11.9. The first-order valence-electron chi connectivity index (χ1n) is 6.04. The molecule has 1 aromatic carbocycles. The van der Waals surface area contributed by atoms with Crippen LogP contribution in [0, 0.1) is 0 Å². The van der Waals surface area contributed by atoms with Crippen molar-refractivity contribution in [1.82, 2.24) is 5.32 Å². The number of benzene rings is 1. The van der Waals surface area contributed by atoms with E-state index in [0.29, 0.717) is 0 Å². The summed E-state index contributed by atoms with van der Waals surface area (Å²) >= 11 is 0. The Morgan fingerprint density at radius 2 is 1.94 bits per heavy atom. The fourth-order valence-corrected chi connectivity index (χ4v) is 1.70. The molecule has 0 radical (unpaired) electrons. The molecule has 0 aromatic heterocycles. The molecule has 0 aliphatic carbocycles. The molecule has 16 heavy (non-hydrogen) atoms. The molecular formula is C15H23N. The number of nitrogens with one attached hydrogen (secondary N) is 1. The van der Waals surface area contributed by atoms with E-state index in [2.05, 4.69) is 56.1 Å². The van der Waals surface area contributed by atoms with Crippen molar-refractivity contribution < 1.29 is 0 Å². The van der Waals surface area contributed by atoms with E-state index in [0.717, 1.165) is 25.8 Å². The minimum atomic E-state index is 0.207. The van der Waals surface area contributed by atoms with Crippen molar-refractivity contribution in [2.45, 2.75) is 38.6 Å². The average molecular weight is 217 g/mol. The summed E-state index contributed by atoms with van der Waals surface area (Å²) in [5.41, 5.74) is 1.62. The van der Waals surface area contributed by atoms with Gasteiger partial charge in [-0.1, -0.05) is 36.4 Å². The van der Waals surface area contributed by atoms with Crippen LogP contribution in [0.3, 0.4) is 0 Å². The van der Waals surface area contributed by atoms with E-state index in [1.54, 1.807) is 0 Å². The Morgan fingerprint density at radius 3 is 2.56 bits per heavy atom. The lowest BCUT2D eigenvalue weighted by Gasteiger charge is -2.26. The van der Waals surface area contributed by atoms with E-state index >= 15 is 0 Å². The van der Waals surface area contributed by atoms with Gasteiger partial charge in [-0.05, 0) is 45.2 Å². The van der Waals surface area contributed by atoms with Gasteiger partial charge in [-0.2, -0.15) is 0 Å². The molecule has 1 rings (SSSR count). The zero-order valence-electron chi connectivity index (χ0n) is 10.5. The van der Waals surface area contributed by atoms with Crippen molar-refractivity contribution in [2.75, 3.05) is 6.54 Å². The first-order valence-corrected chi connectivity index (χ1v) is 6.04. The van der Waals surface area contributed by atoms with Crippen molar-refractivity contribution in [3.63, 3.8) is 0 Å². The highest BCUT2D eigenvalue weighted by atomic mass is 14.9. The number of hydrogen-bond acceptors (Lipinski definition) is 1. The summed E-state index contributed by atoms with van der Waals surface area (Å²) in [6.45, 7) is 9.28. The summed E-state index contributed by atoms with van der Waals surface area (Å²) in [4.78, 5) is 0. The molecule has 0 unspecified atom stereocenters. The molecule has 0 aliphatic rings.